The van der Waals surface area contributed by atoms with Crippen molar-refractivity contribution in [2.24, 2.45) is 0 Å². The molecule has 21 heavy (non-hydrogen) atoms. The Morgan fingerprint density at radius 1 is 1.19 bits per heavy atom. The largest absolute Gasteiger partial charge is 0.427 e. The Hall–Kier alpha value is -2.91. The first-order valence-electron chi connectivity index (χ1n) is 5.72. The summed E-state index contributed by atoms with van der Waals surface area (Å²) in [5.41, 5.74) is 0.602. The van der Waals surface area contributed by atoms with Gasteiger partial charge in [0.25, 0.3) is 10.2 Å². The lowest BCUT2D eigenvalue weighted by Gasteiger charge is -2.13. The number of carbonyl (C=O) groups is 1. The molecule has 1 rings (SSSR count). The highest BCUT2D eigenvalue weighted by atomic mass is 17.0. The Bertz CT molecular complexity index is 515. The van der Waals surface area contributed by atoms with Gasteiger partial charge in [0.05, 0.1) is 0 Å². The average molecular weight is 300 g/mol. The van der Waals surface area contributed by atoms with Crippen LogP contribution in [0.5, 0.6) is 5.75 Å². The van der Waals surface area contributed by atoms with Crippen molar-refractivity contribution in [3.05, 3.63) is 50.1 Å². The summed E-state index contributed by atoms with van der Waals surface area (Å²) in [6.45, 7) is 0.684. The molecular formula is C11H12N2O8. The molecule has 114 valence electrons. The Morgan fingerprint density at radius 2 is 1.81 bits per heavy atom. The van der Waals surface area contributed by atoms with Crippen molar-refractivity contribution in [2.75, 3.05) is 6.61 Å². The van der Waals surface area contributed by atoms with Gasteiger partial charge in [0.15, 0.2) is 0 Å². The van der Waals surface area contributed by atoms with Crippen molar-refractivity contribution >= 4 is 5.97 Å². The third-order valence-corrected chi connectivity index (χ3v) is 2.25. The zero-order valence-electron chi connectivity index (χ0n) is 11.0. The minimum Gasteiger partial charge on any atom is -0.427 e. The van der Waals surface area contributed by atoms with E-state index >= 15 is 0 Å². The molecule has 0 N–H and O–H groups in total. The van der Waals surface area contributed by atoms with Gasteiger partial charge in [-0.25, -0.2) is 0 Å². The van der Waals surface area contributed by atoms with Gasteiger partial charge in [-0.2, -0.15) is 0 Å². The minimum absolute atomic E-state index is 0.0230. The molecule has 1 atom stereocenters. The zero-order chi connectivity index (χ0) is 15.8. The lowest BCUT2D eigenvalue weighted by Crippen LogP contribution is -2.26. The lowest BCUT2D eigenvalue weighted by molar-refractivity contribution is -0.789. The Labute approximate surface area is 118 Å². The highest BCUT2D eigenvalue weighted by molar-refractivity contribution is 5.69. The maximum atomic E-state index is 10.7. The van der Waals surface area contributed by atoms with Gasteiger partial charge in [-0.05, 0) is 17.7 Å². The second-order valence-corrected chi connectivity index (χ2v) is 3.91. The predicted molar refractivity (Wildman–Crippen MR) is 66.3 cm³/mol. The number of hydrogen-bond donors (Lipinski definition) is 0. The molecule has 1 unspecified atom stereocenters. The molecule has 0 heterocycles. The fourth-order valence-corrected chi connectivity index (χ4v) is 1.51. The van der Waals surface area contributed by atoms with Crippen molar-refractivity contribution in [1.29, 1.82) is 0 Å². The van der Waals surface area contributed by atoms with Crippen LogP contribution in [-0.2, 0) is 20.9 Å². The first-order chi connectivity index (χ1) is 9.86. The summed E-state index contributed by atoms with van der Waals surface area (Å²) in [5, 5.41) is 18.3. The van der Waals surface area contributed by atoms with Crippen LogP contribution in [0, 0.1) is 20.2 Å². The minimum atomic E-state index is -1.12. The van der Waals surface area contributed by atoms with Gasteiger partial charge in [-0.1, -0.05) is 12.1 Å². The summed E-state index contributed by atoms with van der Waals surface area (Å²) in [6.07, 6.45) is -1.10. The fraction of sp³-hybridized carbons (Fsp3) is 0.364. The summed E-state index contributed by atoms with van der Waals surface area (Å²) in [4.78, 5) is 39.6. The number of carbonyl (C=O) groups excluding carboxylic acids is 1. The summed E-state index contributed by atoms with van der Waals surface area (Å²) in [7, 11) is 0. The first kappa shape index (κ1) is 16.1. The fourth-order valence-electron chi connectivity index (χ4n) is 1.51. The van der Waals surface area contributed by atoms with E-state index in [0.717, 1.165) is 0 Å². The quantitative estimate of drug-likeness (QED) is 0.300. The molecule has 0 aromatic heterocycles. The van der Waals surface area contributed by atoms with E-state index in [2.05, 4.69) is 9.68 Å². The van der Waals surface area contributed by atoms with Gasteiger partial charge in [-0.15, -0.1) is 20.2 Å². The molecule has 1 aromatic rings. The van der Waals surface area contributed by atoms with Crippen LogP contribution in [0.15, 0.2) is 24.3 Å². The lowest BCUT2D eigenvalue weighted by atomic mass is 10.1. The van der Waals surface area contributed by atoms with Crippen LogP contribution in [-0.4, -0.2) is 28.9 Å². The number of hydrogen-bond acceptors (Lipinski definition) is 8. The third kappa shape index (κ3) is 6.71. The maximum absolute atomic E-state index is 10.7. The van der Waals surface area contributed by atoms with Crippen LogP contribution >= 0.6 is 0 Å². The van der Waals surface area contributed by atoms with Crippen LogP contribution in [0.2, 0.25) is 0 Å². The van der Waals surface area contributed by atoms with E-state index in [1.54, 1.807) is 12.1 Å². The van der Waals surface area contributed by atoms with Crippen molar-refractivity contribution in [3.63, 3.8) is 0 Å². The Kier molecular flexibility index (Phi) is 5.86. The molecule has 0 aliphatic carbocycles. The van der Waals surface area contributed by atoms with Crippen molar-refractivity contribution in [1.82, 2.24) is 0 Å². The highest BCUT2D eigenvalue weighted by Gasteiger charge is 2.16. The van der Waals surface area contributed by atoms with E-state index in [9.17, 15) is 25.0 Å². The molecule has 10 nitrogen and oxygen atoms in total. The monoisotopic (exact) mass is 300 g/mol. The maximum Gasteiger partial charge on any atom is 0.308 e. The number of nitrogens with zero attached hydrogens (tertiary/aromatic N) is 2. The van der Waals surface area contributed by atoms with Gasteiger partial charge >= 0.3 is 5.97 Å². The highest BCUT2D eigenvalue weighted by Crippen LogP contribution is 2.14. The van der Waals surface area contributed by atoms with Gasteiger partial charge in [0.2, 0.25) is 0 Å². The molecule has 0 amide bonds. The molecule has 0 aliphatic heterocycles. The molecule has 1 aromatic carbocycles. The predicted octanol–water partition coefficient (Wildman–Crippen LogP) is 0.940. The van der Waals surface area contributed by atoms with Crippen LogP contribution in [0.3, 0.4) is 0 Å². The summed E-state index contributed by atoms with van der Waals surface area (Å²) >= 11 is 0. The van der Waals surface area contributed by atoms with Crippen LogP contribution in [0.4, 0.5) is 0 Å². The standard InChI is InChI=1S/C11H12N2O8/c1-8(14)20-10-4-2-9(3-5-10)6-11(21-13(17)18)7-19-12(15)16/h2-5,11H,6-7H2,1H3. The van der Waals surface area contributed by atoms with Crippen molar-refractivity contribution in [3.8, 4) is 5.75 Å². The van der Waals surface area contributed by atoms with E-state index in [1.807, 2.05) is 0 Å². The van der Waals surface area contributed by atoms with E-state index in [4.69, 9.17) is 4.74 Å². The second kappa shape index (κ2) is 7.62. The second-order valence-electron chi connectivity index (χ2n) is 3.91. The van der Waals surface area contributed by atoms with E-state index in [-0.39, 0.29) is 6.42 Å². The molecule has 0 saturated carbocycles. The van der Waals surface area contributed by atoms with E-state index in [0.29, 0.717) is 11.3 Å². The first-order valence-corrected chi connectivity index (χ1v) is 5.72. The summed E-state index contributed by atoms with van der Waals surface area (Å²) < 4.78 is 4.83. The molecule has 10 heteroatoms. The van der Waals surface area contributed by atoms with E-state index < -0.39 is 28.9 Å². The third-order valence-electron chi connectivity index (χ3n) is 2.25. The number of benzene rings is 1. The summed E-state index contributed by atoms with van der Waals surface area (Å²) in [5.74, 6) is -0.156. The molecule has 0 bridgehead atoms. The molecule has 0 aliphatic rings. The number of esters is 1. The smallest absolute Gasteiger partial charge is 0.308 e. The molecule has 0 radical (unpaired) electrons. The number of ether oxygens (including phenoxy) is 1. The van der Waals surface area contributed by atoms with Crippen molar-refractivity contribution in [2.45, 2.75) is 19.4 Å². The molecule has 0 fully saturated rings. The number of rotatable bonds is 8. The topological polar surface area (TPSA) is 131 Å². The van der Waals surface area contributed by atoms with Crippen molar-refractivity contribution < 1.29 is 29.4 Å². The van der Waals surface area contributed by atoms with Gasteiger partial charge in [0.1, 0.15) is 18.5 Å². The van der Waals surface area contributed by atoms with Gasteiger partial charge in [-0.3, -0.25) is 4.79 Å². The molecular weight excluding hydrogens is 288 g/mol. The van der Waals surface area contributed by atoms with Gasteiger partial charge in [0, 0.05) is 13.3 Å². The summed E-state index contributed by atoms with van der Waals surface area (Å²) in [6, 6.07) is 6.10. The zero-order valence-corrected chi connectivity index (χ0v) is 11.0. The van der Waals surface area contributed by atoms with Crippen LogP contribution < -0.4 is 4.74 Å². The average Bonchev–Trinajstić information content (AvgIpc) is 2.37. The van der Waals surface area contributed by atoms with Crippen LogP contribution in [0.25, 0.3) is 0 Å². The Morgan fingerprint density at radius 3 is 2.29 bits per heavy atom. The molecule has 0 spiro atoms. The SMILES string of the molecule is CC(=O)Oc1ccc(CC(CO[N+](=O)[O-])O[N+](=O)[O-])cc1. The van der Waals surface area contributed by atoms with E-state index in [1.165, 1.54) is 19.1 Å². The van der Waals surface area contributed by atoms with Gasteiger partial charge < -0.3 is 14.4 Å². The molecule has 0 saturated heterocycles. The Balaban J connectivity index is 2.66. The van der Waals surface area contributed by atoms with Crippen LogP contribution in [0.1, 0.15) is 12.5 Å². The normalized spacial score (nSPS) is 11.3.